The van der Waals surface area contributed by atoms with Crippen LogP contribution in [0.3, 0.4) is 0 Å². The SMILES string of the molecule is C=O.CNCC(CN(C)c1ccc(N(C=N)CCN)c(F)c1)OC.COC=S. The van der Waals surface area contributed by atoms with Crippen molar-refractivity contribution < 1.29 is 18.7 Å². The molecule has 160 valence electrons. The van der Waals surface area contributed by atoms with Crippen molar-refractivity contribution in [1.29, 1.82) is 5.41 Å². The smallest absolute Gasteiger partial charge is 0.148 e. The molecule has 0 heterocycles. The van der Waals surface area contributed by atoms with Gasteiger partial charge in [0.1, 0.15) is 18.2 Å². The lowest BCUT2D eigenvalue weighted by atomic mass is 10.2. The Labute approximate surface area is 172 Å². The van der Waals surface area contributed by atoms with Crippen LogP contribution in [0.1, 0.15) is 0 Å². The Morgan fingerprint density at radius 3 is 2.43 bits per heavy atom. The summed E-state index contributed by atoms with van der Waals surface area (Å²) in [5, 5.41) is 10.4. The van der Waals surface area contributed by atoms with Gasteiger partial charge in [-0.3, -0.25) is 5.41 Å². The summed E-state index contributed by atoms with van der Waals surface area (Å²) >= 11 is 4.21. The minimum atomic E-state index is -0.371. The number of nitrogens with zero attached hydrogens (tertiary/aromatic N) is 2. The van der Waals surface area contributed by atoms with E-state index in [0.717, 1.165) is 18.6 Å². The average Bonchev–Trinajstić information content (AvgIpc) is 2.73. The zero-order chi connectivity index (χ0) is 21.9. The standard InChI is InChI=1S/C15H26FN5O.C2H4OS.CH2O/c1-19-9-13(22-3)10-20(2)12-4-5-15(14(16)8-12)21(11-18)7-6-17;1-3-2-4;1-2/h4-5,8,11,13,18-19H,6-7,9-10,17H2,1-3H3;2H,1H3;1H2. The first-order valence-electron chi connectivity index (χ1n) is 8.39. The van der Waals surface area contributed by atoms with Crippen LogP contribution in [0.4, 0.5) is 15.8 Å². The van der Waals surface area contributed by atoms with Gasteiger partial charge in [-0.15, -0.1) is 0 Å². The number of halogens is 1. The first-order valence-corrected chi connectivity index (χ1v) is 8.86. The van der Waals surface area contributed by atoms with Gasteiger partial charge in [-0.25, -0.2) is 4.39 Å². The van der Waals surface area contributed by atoms with Crippen LogP contribution < -0.4 is 20.9 Å². The van der Waals surface area contributed by atoms with Gasteiger partial charge in [0, 0.05) is 46.0 Å². The molecule has 4 N–H and O–H groups in total. The van der Waals surface area contributed by atoms with E-state index < -0.39 is 0 Å². The third-order valence-corrected chi connectivity index (χ3v) is 3.74. The maximum atomic E-state index is 14.3. The molecule has 0 radical (unpaired) electrons. The van der Waals surface area contributed by atoms with Gasteiger partial charge in [-0.05, 0) is 37.5 Å². The van der Waals surface area contributed by atoms with E-state index in [-0.39, 0.29) is 11.9 Å². The van der Waals surface area contributed by atoms with Crippen molar-refractivity contribution in [3.63, 3.8) is 0 Å². The third-order valence-electron chi connectivity index (χ3n) is 3.55. The Morgan fingerprint density at radius 1 is 1.43 bits per heavy atom. The Kier molecular flexibility index (Phi) is 18.3. The summed E-state index contributed by atoms with van der Waals surface area (Å²) in [4.78, 5) is 11.4. The van der Waals surface area contributed by atoms with E-state index in [1.165, 1.54) is 23.6 Å². The molecule has 10 heteroatoms. The second kappa shape index (κ2) is 18.2. The summed E-state index contributed by atoms with van der Waals surface area (Å²) < 4.78 is 23.9. The molecular weight excluding hydrogens is 385 g/mol. The van der Waals surface area contributed by atoms with Crippen LogP contribution in [0.15, 0.2) is 18.2 Å². The second-order valence-corrected chi connectivity index (χ2v) is 5.57. The van der Waals surface area contributed by atoms with Crippen LogP contribution in [-0.2, 0) is 14.3 Å². The fraction of sp³-hybridized carbons (Fsp3) is 0.500. The van der Waals surface area contributed by atoms with Gasteiger partial charge in [-0.2, -0.15) is 0 Å². The zero-order valence-electron chi connectivity index (χ0n) is 17.0. The van der Waals surface area contributed by atoms with E-state index in [1.807, 2.05) is 31.9 Å². The Hall–Kier alpha value is -2.14. The summed E-state index contributed by atoms with van der Waals surface area (Å²) in [6, 6.07) is 4.97. The van der Waals surface area contributed by atoms with Gasteiger partial charge in [0.05, 0.1) is 25.2 Å². The summed E-state index contributed by atoms with van der Waals surface area (Å²) in [5.74, 6) is -0.371. The Balaban J connectivity index is 0. The molecule has 0 spiro atoms. The Morgan fingerprint density at radius 2 is 2.04 bits per heavy atom. The number of ether oxygens (including phenoxy) is 2. The van der Waals surface area contributed by atoms with Crippen LogP contribution in [-0.4, -0.2) is 79.3 Å². The number of benzene rings is 1. The number of anilines is 2. The molecule has 0 aliphatic heterocycles. The minimum absolute atomic E-state index is 0.0213. The second-order valence-electron chi connectivity index (χ2n) is 5.37. The molecule has 8 nitrogen and oxygen atoms in total. The largest absolute Gasteiger partial charge is 0.493 e. The first-order chi connectivity index (χ1) is 13.5. The molecular formula is C18H32FN5O3S. The van der Waals surface area contributed by atoms with Gasteiger partial charge in [-0.1, -0.05) is 0 Å². The molecule has 0 aromatic heterocycles. The number of nitrogens with one attached hydrogen (secondary N) is 2. The number of carbonyl (C=O) groups excluding carboxylic acids is 1. The molecule has 1 aromatic rings. The highest BCUT2D eigenvalue weighted by atomic mass is 32.1. The van der Waals surface area contributed by atoms with E-state index in [1.54, 1.807) is 13.2 Å². The topological polar surface area (TPSA) is 104 Å². The molecule has 0 saturated carbocycles. The summed E-state index contributed by atoms with van der Waals surface area (Å²) in [6.45, 7) is 4.13. The van der Waals surface area contributed by atoms with Crippen molar-refractivity contribution in [2.24, 2.45) is 5.73 Å². The van der Waals surface area contributed by atoms with Gasteiger partial charge in [0.25, 0.3) is 0 Å². The predicted molar refractivity (Wildman–Crippen MR) is 117 cm³/mol. The molecule has 28 heavy (non-hydrogen) atoms. The normalized spacial score (nSPS) is 10.4. The van der Waals surface area contributed by atoms with Crippen molar-refractivity contribution in [3.05, 3.63) is 24.0 Å². The monoisotopic (exact) mass is 417 g/mol. The van der Waals surface area contributed by atoms with Crippen LogP contribution >= 0.6 is 12.2 Å². The molecule has 0 fully saturated rings. The molecule has 0 aliphatic carbocycles. The lowest BCUT2D eigenvalue weighted by Crippen LogP contribution is -2.37. The maximum absolute atomic E-state index is 14.3. The fourth-order valence-corrected chi connectivity index (χ4v) is 2.22. The fourth-order valence-electron chi connectivity index (χ4n) is 2.22. The molecule has 0 bridgehead atoms. The van der Waals surface area contributed by atoms with E-state index in [2.05, 4.69) is 22.3 Å². The van der Waals surface area contributed by atoms with Gasteiger partial charge in [0.2, 0.25) is 0 Å². The molecule has 0 amide bonds. The number of hydrogen-bond acceptors (Lipinski definition) is 8. The molecule has 1 aromatic carbocycles. The van der Waals surface area contributed by atoms with E-state index in [0.29, 0.717) is 25.3 Å². The minimum Gasteiger partial charge on any atom is -0.493 e. The molecule has 0 aliphatic rings. The highest BCUT2D eigenvalue weighted by Crippen LogP contribution is 2.24. The van der Waals surface area contributed by atoms with E-state index in [4.69, 9.17) is 20.7 Å². The Bertz CT molecular complexity index is 554. The van der Waals surface area contributed by atoms with Crippen LogP contribution in [0.25, 0.3) is 0 Å². The quantitative estimate of drug-likeness (QED) is 0.281. The number of methoxy groups -OCH3 is 2. The van der Waals surface area contributed by atoms with Gasteiger partial charge in [0.15, 0.2) is 0 Å². The predicted octanol–water partition coefficient (Wildman–Crippen LogP) is 1.27. The van der Waals surface area contributed by atoms with Crippen molar-refractivity contribution >= 4 is 42.3 Å². The van der Waals surface area contributed by atoms with Crippen LogP contribution in [0, 0.1) is 11.2 Å². The molecule has 1 rings (SSSR count). The van der Waals surface area contributed by atoms with Crippen LogP contribution in [0.2, 0.25) is 0 Å². The van der Waals surface area contributed by atoms with E-state index in [9.17, 15) is 4.39 Å². The molecule has 1 atom stereocenters. The third kappa shape index (κ3) is 10.9. The number of nitrogens with two attached hydrogens (primary N) is 1. The van der Waals surface area contributed by atoms with Gasteiger partial charge >= 0.3 is 0 Å². The molecule has 1 unspecified atom stereocenters. The summed E-state index contributed by atoms with van der Waals surface area (Å²) in [5.41, 5.74) is 7.80. The number of likely N-dealkylation sites (N-methyl/N-ethyl adjacent to an activating group) is 2. The number of thiocarbonyl (C=S) groups is 1. The highest BCUT2D eigenvalue weighted by molar-refractivity contribution is 7.78. The summed E-state index contributed by atoms with van der Waals surface area (Å²) in [6.07, 6.45) is 1.11. The number of rotatable bonds is 11. The number of carbonyl (C=O) groups is 1. The average molecular weight is 418 g/mol. The lowest BCUT2D eigenvalue weighted by Gasteiger charge is -2.26. The van der Waals surface area contributed by atoms with Crippen molar-refractivity contribution in [2.75, 3.05) is 64.3 Å². The van der Waals surface area contributed by atoms with Gasteiger partial charge < -0.3 is 35.1 Å². The number of hydrogen-bond donors (Lipinski definition) is 3. The van der Waals surface area contributed by atoms with Crippen molar-refractivity contribution in [1.82, 2.24) is 5.32 Å². The molecule has 0 saturated heterocycles. The lowest BCUT2D eigenvalue weighted by molar-refractivity contribution is -0.0979. The van der Waals surface area contributed by atoms with Crippen LogP contribution in [0.5, 0.6) is 0 Å². The maximum Gasteiger partial charge on any atom is 0.148 e. The first kappa shape index (κ1) is 28.1. The highest BCUT2D eigenvalue weighted by Gasteiger charge is 2.14. The van der Waals surface area contributed by atoms with E-state index >= 15 is 0 Å². The van der Waals surface area contributed by atoms with Crippen molar-refractivity contribution in [3.8, 4) is 0 Å². The van der Waals surface area contributed by atoms with Crippen molar-refractivity contribution in [2.45, 2.75) is 6.10 Å². The zero-order valence-corrected chi connectivity index (χ0v) is 17.8. The summed E-state index contributed by atoms with van der Waals surface area (Å²) in [7, 11) is 6.94.